The maximum absolute atomic E-state index is 6.18. The van der Waals surface area contributed by atoms with Gasteiger partial charge in [-0.3, -0.25) is 4.90 Å². The zero-order chi connectivity index (χ0) is 24.5. The van der Waals surface area contributed by atoms with Gasteiger partial charge in [0.2, 0.25) is 0 Å². The largest absolute Gasteiger partial charge is 0.493 e. The third kappa shape index (κ3) is 6.48. The summed E-state index contributed by atoms with van der Waals surface area (Å²) in [5.41, 5.74) is 5.77. The summed E-state index contributed by atoms with van der Waals surface area (Å²) in [6.45, 7) is 4.97. The minimum Gasteiger partial charge on any atom is -0.493 e. The van der Waals surface area contributed by atoms with E-state index in [4.69, 9.17) is 9.26 Å². The van der Waals surface area contributed by atoms with Crippen LogP contribution in [0.4, 0.5) is 0 Å². The van der Waals surface area contributed by atoms with Gasteiger partial charge in [-0.2, -0.15) is 0 Å². The molecule has 2 aromatic carbocycles. The van der Waals surface area contributed by atoms with Crippen LogP contribution in [-0.2, 0) is 19.5 Å². The van der Waals surface area contributed by atoms with Crippen molar-refractivity contribution in [3.63, 3.8) is 0 Å². The second-order valence-electron chi connectivity index (χ2n) is 11.2. The van der Waals surface area contributed by atoms with Gasteiger partial charge in [0.1, 0.15) is 5.75 Å². The lowest BCUT2D eigenvalue weighted by molar-refractivity contribution is 0.172. The molecule has 0 spiro atoms. The average molecular weight is 560 g/mol. The number of aryl methyl sites for hydroxylation is 1. The van der Waals surface area contributed by atoms with Crippen molar-refractivity contribution >= 4 is 46.7 Å². The molecule has 0 amide bonds. The van der Waals surface area contributed by atoms with Crippen LogP contribution in [0.5, 0.6) is 5.75 Å². The zero-order valence-corrected chi connectivity index (χ0v) is 24.1. The molecule has 206 valence electrons. The molecular formula is C30H40Cl2N4O2. The first-order valence-electron chi connectivity index (χ1n) is 13.6. The summed E-state index contributed by atoms with van der Waals surface area (Å²) >= 11 is 0. The van der Waals surface area contributed by atoms with Gasteiger partial charge < -0.3 is 19.1 Å². The van der Waals surface area contributed by atoms with Crippen LogP contribution >= 0.6 is 24.8 Å². The SMILES string of the molecule is CN(C)Cc1c(OCC2CC2)ccc2c(CCC3CCN(Cc4c[nH]c5ccccc45)CC3)noc12.Cl.Cl. The summed E-state index contributed by atoms with van der Waals surface area (Å²) in [7, 11) is 4.18. The monoisotopic (exact) mass is 558 g/mol. The molecule has 2 fully saturated rings. The van der Waals surface area contributed by atoms with E-state index < -0.39 is 0 Å². The Labute approximate surface area is 237 Å². The van der Waals surface area contributed by atoms with Gasteiger partial charge in [0.25, 0.3) is 0 Å². The number of ether oxygens (including phenoxy) is 1. The average Bonchev–Trinajstić information content (AvgIpc) is 3.49. The van der Waals surface area contributed by atoms with Crippen molar-refractivity contribution in [2.45, 2.75) is 51.6 Å². The van der Waals surface area contributed by atoms with Crippen LogP contribution < -0.4 is 4.74 Å². The predicted octanol–water partition coefficient (Wildman–Crippen LogP) is 6.85. The van der Waals surface area contributed by atoms with E-state index in [9.17, 15) is 0 Å². The second-order valence-corrected chi connectivity index (χ2v) is 11.2. The molecule has 1 aliphatic carbocycles. The molecule has 3 heterocycles. The molecule has 0 atom stereocenters. The Kier molecular flexibility index (Phi) is 9.64. The zero-order valence-electron chi connectivity index (χ0n) is 22.4. The van der Waals surface area contributed by atoms with Gasteiger partial charge in [-0.05, 0) is 101 Å². The molecule has 38 heavy (non-hydrogen) atoms. The highest BCUT2D eigenvalue weighted by Gasteiger charge is 2.25. The number of rotatable bonds is 10. The molecule has 4 aromatic rings. The molecule has 2 aromatic heterocycles. The third-order valence-corrected chi connectivity index (χ3v) is 7.99. The molecule has 6 nitrogen and oxygen atoms in total. The quantitative estimate of drug-likeness (QED) is 0.230. The molecule has 0 radical (unpaired) electrons. The van der Waals surface area contributed by atoms with Gasteiger partial charge in [-0.25, -0.2) is 0 Å². The lowest BCUT2D eigenvalue weighted by Gasteiger charge is -2.31. The summed E-state index contributed by atoms with van der Waals surface area (Å²) in [6.07, 6.45) is 9.42. The molecular weight excluding hydrogens is 519 g/mol. The fourth-order valence-electron chi connectivity index (χ4n) is 5.64. The van der Waals surface area contributed by atoms with Crippen LogP contribution in [0.1, 0.15) is 48.9 Å². The molecule has 2 aliphatic rings. The van der Waals surface area contributed by atoms with Crippen molar-refractivity contribution in [3.8, 4) is 5.75 Å². The number of aromatic amines is 1. The number of fused-ring (bicyclic) bond motifs is 2. The first-order chi connectivity index (χ1) is 17.6. The first-order valence-corrected chi connectivity index (χ1v) is 13.6. The second kappa shape index (κ2) is 12.7. The Morgan fingerprint density at radius 1 is 1.00 bits per heavy atom. The lowest BCUT2D eigenvalue weighted by atomic mass is 9.91. The van der Waals surface area contributed by atoms with Gasteiger partial charge >= 0.3 is 0 Å². The highest BCUT2D eigenvalue weighted by atomic mass is 35.5. The summed E-state index contributed by atoms with van der Waals surface area (Å²) in [6, 6.07) is 12.9. The molecule has 6 rings (SSSR count). The molecule has 1 aliphatic heterocycles. The van der Waals surface area contributed by atoms with Gasteiger partial charge in [-0.1, -0.05) is 23.4 Å². The minimum absolute atomic E-state index is 0. The van der Waals surface area contributed by atoms with Crippen LogP contribution in [0.2, 0.25) is 0 Å². The fraction of sp³-hybridized carbons (Fsp3) is 0.500. The highest BCUT2D eigenvalue weighted by Crippen LogP contribution is 2.35. The van der Waals surface area contributed by atoms with E-state index in [2.05, 4.69) is 76.6 Å². The van der Waals surface area contributed by atoms with Gasteiger partial charge in [0.15, 0.2) is 5.58 Å². The van der Waals surface area contributed by atoms with E-state index in [0.29, 0.717) is 0 Å². The predicted molar refractivity (Wildman–Crippen MR) is 159 cm³/mol. The number of aromatic nitrogens is 2. The number of nitrogens with one attached hydrogen (secondary N) is 1. The number of piperidine rings is 1. The van der Waals surface area contributed by atoms with Crippen molar-refractivity contribution in [1.82, 2.24) is 19.9 Å². The molecule has 1 saturated heterocycles. The number of likely N-dealkylation sites (tertiary alicyclic amines) is 1. The number of H-pyrrole nitrogens is 1. The van der Waals surface area contributed by atoms with Crippen molar-refractivity contribution in [3.05, 3.63) is 59.4 Å². The van der Waals surface area contributed by atoms with Crippen molar-refractivity contribution in [2.24, 2.45) is 11.8 Å². The molecule has 8 heteroatoms. The smallest absolute Gasteiger partial charge is 0.175 e. The number of hydrogen-bond donors (Lipinski definition) is 1. The molecule has 0 unspecified atom stereocenters. The first kappa shape index (κ1) is 28.8. The van der Waals surface area contributed by atoms with Crippen LogP contribution in [0.15, 0.2) is 47.1 Å². The highest BCUT2D eigenvalue weighted by molar-refractivity contribution is 5.86. The summed E-state index contributed by atoms with van der Waals surface area (Å²) in [5, 5.41) is 7.04. The maximum atomic E-state index is 6.18. The summed E-state index contributed by atoms with van der Waals surface area (Å²) in [4.78, 5) is 8.19. The van der Waals surface area contributed by atoms with E-state index in [0.717, 1.165) is 65.9 Å². The summed E-state index contributed by atoms with van der Waals surface area (Å²) in [5.74, 6) is 2.43. The van der Waals surface area contributed by atoms with Gasteiger partial charge in [-0.15, -0.1) is 24.8 Å². The van der Waals surface area contributed by atoms with Crippen molar-refractivity contribution in [1.29, 1.82) is 0 Å². The molecule has 0 bridgehead atoms. The topological polar surface area (TPSA) is 57.5 Å². The van der Waals surface area contributed by atoms with Crippen LogP contribution in [-0.4, -0.2) is 53.7 Å². The number of para-hydroxylation sites is 1. The Morgan fingerprint density at radius 2 is 1.79 bits per heavy atom. The van der Waals surface area contributed by atoms with Crippen LogP contribution in [0.25, 0.3) is 21.9 Å². The number of nitrogens with zero attached hydrogens (tertiary/aromatic N) is 3. The Hall–Kier alpha value is -2.25. The van der Waals surface area contributed by atoms with Crippen LogP contribution in [0, 0.1) is 11.8 Å². The van der Waals surface area contributed by atoms with Crippen LogP contribution in [0.3, 0.4) is 0 Å². The lowest BCUT2D eigenvalue weighted by Crippen LogP contribution is -2.33. The van der Waals surface area contributed by atoms with E-state index in [1.807, 2.05) is 0 Å². The maximum Gasteiger partial charge on any atom is 0.175 e. The van der Waals surface area contributed by atoms with Crippen molar-refractivity contribution < 1.29 is 9.26 Å². The fourth-order valence-corrected chi connectivity index (χ4v) is 5.64. The molecule has 1 saturated carbocycles. The Morgan fingerprint density at radius 3 is 2.55 bits per heavy atom. The standard InChI is InChI=1S/C30H38N4O2.2ClH/c1-33(2)19-26-29(35-20-22-7-8-22)12-10-25-28(32-36-30(25)26)11-9-21-13-15-34(16-14-21)18-23-17-31-27-6-4-3-5-24(23)27;;/h3-6,10,12,17,21-22,31H,7-9,11,13-16,18-20H2,1-2H3;2*1H. The van der Waals surface area contributed by atoms with E-state index in [-0.39, 0.29) is 24.8 Å². The summed E-state index contributed by atoms with van der Waals surface area (Å²) < 4.78 is 12.1. The third-order valence-electron chi connectivity index (χ3n) is 7.99. The number of benzene rings is 2. The van der Waals surface area contributed by atoms with E-state index in [1.54, 1.807) is 0 Å². The van der Waals surface area contributed by atoms with E-state index in [1.165, 1.54) is 61.7 Å². The number of halogens is 2. The van der Waals surface area contributed by atoms with Gasteiger partial charge in [0, 0.05) is 35.6 Å². The number of hydrogen-bond acceptors (Lipinski definition) is 5. The Balaban J connectivity index is 0.00000168. The minimum atomic E-state index is 0. The van der Waals surface area contributed by atoms with E-state index >= 15 is 0 Å². The normalized spacial score (nSPS) is 16.6. The van der Waals surface area contributed by atoms with Crippen molar-refractivity contribution in [2.75, 3.05) is 33.8 Å². The Bertz CT molecular complexity index is 1320. The van der Waals surface area contributed by atoms with Gasteiger partial charge in [0.05, 0.1) is 17.9 Å². The molecule has 1 N–H and O–H groups in total.